The highest BCUT2D eigenvalue weighted by molar-refractivity contribution is 5.87. The van der Waals surface area contributed by atoms with E-state index in [4.69, 9.17) is 0 Å². The predicted molar refractivity (Wildman–Crippen MR) is 117 cm³/mol. The molecule has 1 unspecified atom stereocenters. The standard InChI is InChI=1S/C27H44O2/c1-25-16-17-27(29,15-12-19-6-4-3-5-7-19)18-20(25)8-9-21-22-10-11-24(28)26(22,2)14-13-23(21)25/h19-23,29H,3-18H2,1-2H3/t20?,21-,22-,23-,25-,26-,27+/m0/s1. The van der Waals surface area contributed by atoms with E-state index in [1.54, 1.807) is 0 Å². The predicted octanol–water partition coefficient (Wildman–Crippen LogP) is 6.69. The maximum absolute atomic E-state index is 12.6. The van der Waals surface area contributed by atoms with Crippen LogP contribution in [-0.4, -0.2) is 16.5 Å². The molecule has 0 saturated heterocycles. The highest BCUT2D eigenvalue weighted by Gasteiger charge is 2.61. The lowest BCUT2D eigenvalue weighted by atomic mass is 9.44. The van der Waals surface area contributed by atoms with Crippen molar-refractivity contribution >= 4 is 5.78 Å². The molecular weight excluding hydrogens is 356 g/mol. The van der Waals surface area contributed by atoms with Crippen molar-refractivity contribution in [3.05, 3.63) is 0 Å². The molecule has 0 amide bonds. The van der Waals surface area contributed by atoms with Crippen molar-refractivity contribution in [1.82, 2.24) is 0 Å². The molecule has 5 rings (SSSR count). The Morgan fingerprint density at radius 1 is 0.897 bits per heavy atom. The molecule has 0 bridgehead atoms. The first-order valence-corrected chi connectivity index (χ1v) is 13.1. The van der Waals surface area contributed by atoms with Crippen LogP contribution in [0.15, 0.2) is 0 Å². The quantitative estimate of drug-likeness (QED) is 0.573. The van der Waals surface area contributed by atoms with Gasteiger partial charge in [0.2, 0.25) is 0 Å². The summed E-state index contributed by atoms with van der Waals surface area (Å²) < 4.78 is 0. The van der Waals surface area contributed by atoms with Gasteiger partial charge in [0, 0.05) is 11.8 Å². The molecule has 0 spiro atoms. The summed E-state index contributed by atoms with van der Waals surface area (Å²) in [5, 5.41) is 11.5. The van der Waals surface area contributed by atoms with Crippen LogP contribution < -0.4 is 0 Å². The normalized spacial score (nSPS) is 50.7. The number of carbonyl (C=O) groups is 1. The highest BCUT2D eigenvalue weighted by atomic mass is 16.3. The fourth-order valence-electron chi connectivity index (χ4n) is 9.27. The van der Waals surface area contributed by atoms with Crippen LogP contribution >= 0.6 is 0 Å². The Hall–Kier alpha value is -0.370. The van der Waals surface area contributed by atoms with Crippen LogP contribution in [0.5, 0.6) is 0 Å². The lowest BCUT2D eigenvalue weighted by molar-refractivity contribution is -0.155. The minimum atomic E-state index is -0.388. The lowest BCUT2D eigenvalue weighted by Gasteiger charge is -2.61. The van der Waals surface area contributed by atoms with E-state index >= 15 is 0 Å². The maximum atomic E-state index is 12.6. The van der Waals surface area contributed by atoms with E-state index in [-0.39, 0.29) is 11.0 Å². The average Bonchev–Trinajstić information content (AvgIpc) is 3.03. The molecule has 0 aromatic rings. The van der Waals surface area contributed by atoms with Gasteiger partial charge < -0.3 is 5.11 Å². The minimum Gasteiger partial charge on any atom is -0.390 e. The summed E-state index contributed by atoms with van der Waals surface area (Å²) in [4.78, 5) is 12.6. The Kier molecular flexibility index (Phi) is 5.20. The lowest BCUT2D eigenvalue weighted by Crippen LogP contribution is -2.56. The molecule has 5 aliphatic rings. The number of ketones is 1. The van der Waals surface area contributed by atoms with Gasteiger partial charge in [-0.3, -0.25) is 4.79 Å². The first-order chi connectivity index (χ1) is 13.8. The fraction of sp³-hybridized carbons (Fsp3) is 0.963. The van der Waals surface area contributed by atoms with Crippen LogP contribution in [-0.2, 0) is 4.79 Å². The van der Waals surface area contributed by atoms with Gasteiger partial charge in [0.1, 0.15) is 5.78 Å². The van der Waals surface area contributed by atoms with Crippen molar-refractivity contribution in [2.75, 3.05) is 0 Å². The zero-order valence-electron chi connectivity index (χ0n) is 19.1. The molecule has 0 aromatic heterocycles. The second-order valence-electron chi connectivity index (χ2n) is 12.5. The summed E-state index contributed by atoms with van der Waals surface area (Å²) in [7, 11) is 0. The molecule has 1 N–H and O–H groups in total. The third kappa shape index (κ3) is 3.35. The van der Waals surface area contributed by atoms with E-state index in [0.717, 1.165) is 56.3 Å². The second kappa shape index (κ2) is 7.35. The van der Waals surface area contributed by atoms with E-state index in [1.807, 2.05) is 0 Å². The van der Waals surface area contributed by atoms with Crippen molar-refractivity contribution in [3.8, 4) is 0 Å². The molecule has 5 aliphatic carbocycles. The Labute approximate surface area is 178 Å². The molecule has 2 heteroatoms. The van der Waals surface area contributed by atoms with Gasteiger partial charge in [-0.25, -0.2) is 0 Å². The third-order valence-corrected chi connectivity index (χ3v) is 11.3. The topological polar surface area (TPSA) is 37.3 Å². The van der Waals surface area contributed by atoms with Crippen LogP contribution in [0.2, 0.25) is 0 Å². The summed E-state index contributed by atoms with van der Waals surface area (Å²) >= 11 is 0. The molecule has 0 radical (unpaired) electrons. The Balaban J connectivity index is 1.26. The average molecular weight is 401 g/mol. The molecule has 7 atom stereocenters. The van der Waals surface area contributed by atoms with Gasteiger partial charge in [-0.15, -0.1) is 0 Å². The summed E-state index contributed by atoms with van der Waals surface area (Å²) in [6.45, 7) is 4.87. The van der Waals surface area contributed by atoms with Gasteiger partial charge in [-0.05, 0) is 99.2 Å². The zero-order chi connectivity index (χ0) is 20.3. The molecule has 5 fully saturated rings. The number of aliphatic hydroxyl groups is 1. The summed E-state index contributed by atoms with van der Waals surface area (Å²) in [5.74, 6) is 4.37. The number of rotatable bonds is 3. The van der Waals surface area contributed by atoms with Crippen LogP contribution in [0.25, 0.3) is 0 Å². The number of fused-ring (bicyclic) bond motifs is 5. The monoisotopic (exact) mass is 400 g/mol. The largest absolute Gasteiger partial charge is 0.390 e. The summed E-state index contributed by atoms with van der Waals surface area (Å²) in [5.41, 5.74) is 0.0215. The number of carbonyl (C=O) groups excluding carboxylic acids is 1. The first-order valence-electron chi connectivity index (χ1n) is 13.1. The number of hydrogen-bond acceptors (Lipinski definition) is 2. The third-order valence-electron chi connectivity index (χ3n) is 11.3. The van der Waals surface area contributed by atoms with Crippen molar-refractivity contribution in [2.45, 2.75) is 122 Å². The van der Waals surface area contributed by atoms with Gasteiger partial charge in [0.05, 0.1) is 5.60 Å². The smallest absolute Gasteiger partial charge is 0.139 e. The Morgan fingerprint density at radius 3 is 2.48 bits per heavy atom. The second-order valence-corrected chi connectivity index (χ2v) is 12.5. The van der Waals surface area contributed by atoms with Crippen LogP contribution in [0.1, 0.15) is 117 Å². The van der Waals surface area contributed by atoms with Crippen LogP contribution in [0.3, 0.4) is 0 Å². The zero-order valence-corrected chi connectivity index (χ0v) is 19.1. The van der Waals surface area contributed by atoms with Gasteiger partial charge in [0.25, 0.3) is 0 Å². The van der Waals surface area contributed by atoms with Gasteiger partial charge >= 0.3 is 0 Å². The Bertz CT molecular complexity index is 636. The van der Waals surface area contributed by atoms with E-state index in [1.165, 1.54) is 64.2 Å². The highest BCUT2D eigenvalue weighted by Crippen LogP contribution is 2.66. The van der Waals surface area contributed by atoms with Crippen LogP contribution in [0, 0.1) is 40.4 Å². The van der Waals surface area contributed by atoms with E-state index in [2.05, 4.69) is 13.8 Å². The number of hydrogen-bond donors (Lipinski definition) is 1. The van der Waals surface area contributed by atoms with E-state index in [0.29, 0.717) is 23.0 Å². The van der Waals surface area contributed by atoms with E-state index < -0.39 is 0 Å². The van der Waals surface area contributed by atoms with Crippen molar-refractivity contribution in [2.24, 2.45) is 40.4 Å². The van der Waals surface area contributed by atoms with Gasteiger partial charge in [-0.2, -0.15) is 0 Å². The van der Waals surface area contributed by atoms with Gasteiger partial charge in [0.15, 0.2) is 0 Å². The molecule has 164 valence electrons. The summed E-state index contributed by atoms with van der Waals surface area (Å²) in [6, 6.07) is 0. The summed E-state index contributed by atoms with van der Waals surface area (Å²) in [6.07, 6.45) is 19.7. The molecule has 0 aromatic carbocycles. The molecule has 2 nitrogen and oxygen atoms in total. The van der Waals surface area contributed by atoms with Gasteiger partial charge in [-0.1, -0.05) is 46.0 Å². The molecule has 0 aliphatic heterocycles. The molecule has 5 saturated carbocycles. The molecule has 29 heavy (non-hydrogen) atoms. The first kappa shape index (κ1) is 20.5. The van der Waals surface area contributed by atoms with Crippen LogP contribution in [0.4, 0.5) is 0 Å². The molecular formula is C27H44O2. The Morgan fingerprint density at radius 2 is 1.69 bits per heavy atom. The van der Waals surface area contributed by atoms with Crippen molar-refractivity contribution in [3.63, 3.8) is 0 Å². The van der Waals surface area contributed by atoms with E-state index in [9.17, 15) is 9.90 Å². The molecule has 0 heterocycles. The maximum Gasteiger partial charge on any atom is 0.139 e. The fourth-order valence-corrected chi connectivity index (χ4v) is 9.27. The van der Waals surface area contributed by atoms with Crippen molar-refractivity contribution < 1.29 is 9.90 Å². The SMILES string of the molecule is C[C@]12CC[C@](O)(CCC3CCCCC3)CC1CC[C@@H]1[C@@H]2CC[C@]2(C)C(=O)CC[C@@H]12. The van der Waals surface area contributed by atoms with Crippen molar-refractivity contribution in [1.29, 1.82) is 0 Å². The number of Topliss-reactive ketones (excluding diaryl/α,β-unsaturated/α-hetero) is 1. The minimum absolute atomic E-state index is 0.000235.